The molecule has 1 fully saturated rings. The molecule has 2 heterocycles. The van der Waals surface area contributed by atoms with Gasteiger partial charge in [-0.15, -0.1) is 0 Å². The van der Waals surface area contributed by atoms with E-state index in [1.54, 1.807) is 0 Å². The van der Waals surface area contributed by atoms with Crippen molar-refractivity contribution in [1.82, 2.24) is 14.9 Å². The zero-order valence-electron chi connectivity index (χ0n) is 15.4. The number of para-hydroxylation sites is 2. The van der Waals surface area contributed by atoms with Crippen molar-refractivity contribution in [3.63, 3.8) is 0 Å². The van der Waals surface area contributed by atoms with E-state index in [2.05, 4.69) is 14.9 Å². The first kappa shape index (κ1) is 18.5. The minimum absolute atomic E-state index is 0.0557. The maximum atomic E-state index is 12.6. The summed E-state index contributed by atoms with van der Waals surface area (Å²) < 4.78 is 0. The molecule has 0 saturated carbocycles. The summed E-state index contributed by atoms with van der Waals surface area (Å²) in [5.41, 5.74) is 2.70. The van der Waals surface area contributed by atoms with Crippen LogP contribution in [0.5, 0.6) is 0 Å². The first-order chi connectivity index (χ1) is 13.6. The van der Waals surface area contributed by atoms with Gasteiger partial charge in [0.15, 0.2) is 0 Å². The normalized spacial score (nSPS) is 14.5. The summed E-state index contributed by atoms with van der Waals surface area (Å²) in [4.78, 5) is 36.1. The molecule has 0 bridgehead atoms. The number of nitrogens with one attached hydrogen (secondary N) is 1. The van der Waals surface area contributed by atoms with Crippen molar-refractivity contribution >= 4 is 34.2 Å². The Morgan fingerprint density at radius 2 is 1.86 bits per heavy atom. The van der Waals surface area contributed by atoms with Crippen LogP contribution in [0.3, 0.4) is 0 Å². The van der Waals surface area contributed by atoms with Gasteiger partial charge in [0.25, 0.3) is 5.56 Å². The molecule has 2 aromatic carbocycles. The first-order valence-corrected chi connectivity index (χ1v) is 9.74. The van der Waals surface area contributed by atoms with Crippen molar-refractivity contribution in [2.45, 2.75) is 12.8 Å². The minimum Gasteiger partial charge on any atom is -0.368 e. The SMILES string of the molecule is O=C(CCc1nc2ccccc2[nH]c1=O)N1CCN(c2cccc(Cl)c2)CC1. The van der Waals surface area contributed by atoms with Crippen molar-refractivity contribution in [3.8, 4) is 0 Å². The molecule has 7 heteroatoms. The van der Waals surface area contributed by atoms with Gasteiger partial charge in [0.2, 0.25) is 5.91 Å². The number of amides is 1. The molecule has 1 N–H and O–H groups in total. The number of nitrogens with zero attached hydrogens (tertiary/aromatic N) is 3. The Bertz CT molecular complexity index is 1060. The van der Waals surface area contributed by atoms with Crippen LogP contribution < -0.4 is 10.5 Å². The number of halogens is 1. The van der Waals surface area contributed by atoms with E-state index in [0.29, 0.717) is 35.7 Å². The van der Waals surface area contributed by atoms with Crippen LogP contribution in [0.15, 0.2) is 53.3 Å². The molecule has 1 aliphatic rings. The van der Waals surface area contributed by atoms with Gasteiger partial charge < -0.3 is 14.8 Å². The first-order valence-electron chi connectivity index (χ1n) is 9.36. The summed E-state index contributed by atoms with van der Waals surface area (Å²) in [6, 6.07) is 15.2. The molecule has 0 unspecified atom stereocenters. The molecular formula is C21H21ClN4O2. The molecule has 0 spiro atoms. The molecule has 4 rings (SSSR count). The van der Waals surface area contributed by atoms with Crippen molar-refractivity contribution in [2.24, 2.45) is 0 Å². The van der Waals surface area contributed by atoms with E-state index in [9.17, 15) is 9.59 Å². The van der Waals surface area contributed by atoms with Crippen LogP contribution in [-0.4, -0.2) is 47.0 Å². The van der Waals surface area contributed by atoms with Crippen molar-refractivity contribution in [1.29, 1.82) is 0 Å². The van der Waals surface area contributed by atoms with Gasteiger partial charge >= 0.3 is 0 Å². The van der Waals surface area contributed by atoms with Gasteiger partial charge in [-0.05, 0) is 30.3 Å². The maximum absolute atomic E-state index is 12.6. The zero-order valence-corrected chi connectivity index (χ0v) is 16.2. The number of piperazine rings is 1. The Hall–Kier alpha value is -2.86. The Morgan fingerprint density at radius 1 is 1.07 bits per heavy atom. The highest BCUT2D eigenvalue weighted by Crippen LogP contribution is 2.21. The number of hydrogen-bond acceptors (Lipinski definition) is 4. The number of aromatic nitrogens is 2. The van der Waals surface area contributed by atoms with Crippen LogP contribution in [0.4, 0.5) is 5.69 Å². The molecule has 6 nitrogen and oxygen atoms in total. The molecule has 0 radical (unpaired) electrons. The summed E-state index contributed by atoms with van der Waals surface area (Å²) in [6.45, 7) is 2.85. The topological polar surface area (TPSA) is 69.3 Å². The number of H-pyrrole nitrogens is 1. The molecule has 0 aliphatic carbocycles. The second-order valence-corrected chi connectivity index (χ2v) is 7.31. The van der Waals surface area contributed by atoms with Crippen LogP contribution in [0.25, 0.3) is 11.0 Å². The minimum atomic E-state index is -0.225. The third-order valence-corrected chi connectivity index (χ3v) is 5.29. The van der Waals surface area contributed by atoms with E-state index in [-0.39, 0.29) is 17.9 Å². The smallest absolute Gasteiger partial charge is 0.270 e. The van der Waals surface area contributed by atoms with Gasteiger partial charge in [-0.25, -0.2) is 4.98 Å². The fraction of sp³-hybridized carbons (Fsp3) is 0.286. The molecule has 1 aliphatic heterocycles. The summed E-state index contributed by atoms with van der Waals surface area (Å²) >= 11 is 6.07. The predicted octanol–water partition coefficient (Wildman–Crippen LogP) is 2.86. The van der Waals surface area contributed by atoms with Crippen LogP contribution in [0.1, 0.15) is 12.1 Å². The van der Waals surface area contributed by atoms with E-state index < -0.39 is 0 Å². The number of fused-ring (bicyclic) bond motifs is 1. The highest BCUT2D eigenvalue weighted by molar-refractivity contribution is 6.30. The predicted molar refractivity (Wildman–Crippen MR) is 111 cm³/mol. The summed E-state index contributed by atoms with van der Waals surface area (Å²) in [5.74, 6) is 0.0557. The van der Waals surface area contributed by atoms with Gasteiger partial charge in [-0.1, -0.05) is 29.8 Å². The summed E-state index contributed by atoms with van der Waals surface area (Å²) in [7, 11) is 0. The Kier molecular flexibility index (Phi) is 5.30. The highest BCUT2D eigenvalue weighted by Gasteiger charge is 2.21. The second kappa shape index (κ2) is 8.02. The van der Waals surface area contributed by atoms with Gasteiger partial charge in [0.05, 0.1) is 11.0 Å². The van der Waals surface area contributed by atoms with E-state index in [0.717, 1.165) is 24.3 Å². The number of hydrogen-bond donors (Lipinski definition) is 1. The number of aryl methyl sites for hydroxylation is 1. The number of benzene rings is 2. The van der Waals surface area contributed by atoms with Gasteiger partial charge in [-0.2, -0.15) is 0 Å². The third kappa shape index (κ3) is 4.02. The molecule has 1 amide bonds. The molecule has 0 atom stereocenters. The Labute approximate surface area is 167 Å². The molecular weight excluding hydrogens is 376 g/mol. The largest absolute Gasteiger partial charge is 0.368 e. The summed E-state index contributed by atoms with van der Waals surface area (Å²) in [6.07, 6.45) is 0.624. The third-order valence-electron chi connectivity index (χ3n) is 5.05. The fourth-order valence-electron chi connectivity index (χ4n) is 3.51. The lowest BCUT2D eigenvalue weighted by molar-refractivity contribution is -0.131. The summed E-state index contributed by atoms with van der Waals surface area (Å²) in [5, 5.41) is 0.712. The average molecular weight is 397 g/mol. The van der Waals surface area contributed by atoms with Gasteiger partial charge in [-0.3, -0.25) is 9.59 Å². The zero-order chi connectivity index (χ0) is 19.5. The Morgan fingerprint density at radius 3 is 2.64 bits per heavy atom. The number of carbonyl (C=O) groups excluding carboxylic acids is 1. The number of rotatable bonds is 4. The highest BCUT2D eigenvalue weighted by atomic mass is 35.5. The quantitative estimate of drug-likeness (QED) is 0.736. The van der Waals surface area contributed by atoms with E-state index in [1.165, 1.54) is 0 Å². The lowest BCUT2D eigenvalue weighted by Gasteiger charge is -2.36. The molecule has 3 aromatic rings. The van der Waals surface area contributed by atoms with Crippen LogP contribution in [0.2, 0.25) is 5.02 Å². The lowest BCUT2D eigenvalue weighted by atomic mass is 10.2. The molecule has 28 heavy (non-hydrogen) atoms. The van der Waals surface area contributed by atoms with Crippen molar-refractivity contribution in [3.05, 3.63) is 69.6 Å². The Balaban J connectivity index is 1.35. The van der Waals surface area contributed by atoms with Crippen LogP contribution in [-0.2, 0) is 11.2 Å². The molecule has 1 saturated heterocycles. The van der Waals surface area contributed by atoms with E-state index >= 15 is 0 Å². The monoisotopic (exact) mass is 396 g/mol. The van der Waals surface area contributed by atoms with Gasteiger partial charge in [0.1, 0.15) is 5.69 Å². The molecule has 1 aromatic heterocycles. The van der Waals surface area contributed by atoms with Gasteiger partial charge in [0, 0.05) is 49.7 Å². The molecule has 144 valence electrons. The van der Waals surface area contributed by atoms with Crippen molar-refractivity contribution in [2.75, 3.05) is 31.1 Å². The van der Waals surface area contributed by atoms with E-state index in [1.807, 2.05) is 53.4 Å². The average Bonchev–Trinajstić information content (AvgIpc) is 2.72. The maximum Gasteiger partial charge on any atom is 0.270 e. The van der Waals surface area contributed by atoms with Crippen molar-refractivity contribution < 1.29 is 4.79 Å². The van der Waals surface area contributed by atoms with Crippen LogP contribution in [0, 0.1) is 0 Å². The fourth-order valence-corrected chi connectivity index (χ4v) is 3.69. The number of aromatic amines is 1. The standard InChI is InChI=1S/C21H21ClN4O2/c22-15-4-3-5-16(14-15)25-10-12-26(13-11-25)20(27)9-8-19-21(28)24-18-7-2-1-6-17(18)23-19/h1-7,14H,8-13H2,(H,24,28). The number of carbonyl (C=O) groups is 1. The van der Waals surface area contributed by atoms with Crippen LogP contribution >= 0.6 is 11.6 Å². The lowest BCUT2D eigenvalue weighted by Crippen LogP contribution is -2.48. The van der Waals surface area contributed by atoms with E-state index in [4.69, 9.17) is 11.6 Å². The number of anilines is 1. The second-order valence-electron chi connectivity index (χ2n) is 6.88.